The van der Waals surface area contributed by atoms with E-state index in [-0.39, 0.29) is 29.5 Å². The van der Waals surface area contributed by atoms with E-state index in [9.17, 15) is 9.59 Å². The molecule has 3 rings (SSSR count). The lowest BCUT2D eigenvalue weighted by Gasteiger charge is -2.38. The van der Waals surface area contributed by atoms with E-state index < -0.39 is 0 Å². The molecule has 1 aliphatic heterocycles. The van der Waals surface area contributed by atoms with Crippen molar-refractivity contribution in [2.24, 2.45) is 13.0 Å². The standard InChI is InChI=1S/C16H21N5O3/c1-10-6-13(24-19-10)16(23)17-7-11-4-5-14(22)21(3)15(11)12-8-18-20(2)9-12/h6,8-9,11,15H,4-5,7H2,1-3H3,(H,17,23)/t11-,15+/m1/s1. The molecule has 1 fully saturated rings. The van der Waals surface area contributed by atoms with Crippen LogP contribution in [0.1, 0.15) is 40.7 Å². The van der Waals surface area contributed by atoms with E-state index in [4.69, 9.17) is 4.52 Å². The topological polar surface area (TPSA) is 93.3 Å². The van der Waals surface area contributed by atoms with Gasteiger partial charge in [-0.1, -0.05) is 5.16 Å². The average Bonchev–Trinajstić information content (AvgIpc) is 3.16. The van der Waals surface area contributed by atoms with Gasteiger partial charge in [0.2, 0.25) is 11.7 Å². The number of hydrogen-bond acceptors (Lipinski definition) is 5. The highest BCUT2D eigenvalue weighted by atomic mass is 16.5. The van der Waals surface area contributed by atoms with Crippen molar-refractivity contribution in [2.45, 2.75) is 25.8 Å². The minimum absolute atomic E-state index is 0.100. The zero-order valence-electron chi connectivity index (χ0n) is 14.0. The van der Waals surface area contributed by atoms with Crippen molar-refractivity contribution < 1.29 is 14.1 Å². The molecule has 8 heteroatoms. The molecule has 0 unspecified atom stereocenters. The molecule has 0 radical (unpaired) electrons. The molecule has 1 aliphatic rings. The first-order valence-corrected chi connectivity index (χ1v) is 7.91. The van der Waals surface area contributed by atoms with Crippen LogP contribution in [0.15, 0.2) is 23.0 Å². The fourth-order valence-corrected chi connectivity index (χ4v) is 3.20. The van der Waals surface area contributed by atoms with Crippen LogP contribution in [0, 0.1) is 12.8 Å². The summed E-state index contributed by atoms with van der Waals surface area (Å²) in [7, 11) is 3.64. The van der Waals surface area contributed by atoms with Gasteiger partial charge in [0.05, 0.1) is 17.9 Å². The molecule has 0 bridgehead atoms. The van der Waals surface area contributed by atoms with Gasteiger partial charge in [0.15, 0.2) is 0 Å². The summed E-state index contributed by atoms with van der Waals surface area (Å²) in [6.45, 7) is 2.22. The average molecular weight is 331 g/mol. The van der Waals surface area contributed by atoms with E-state index in [0.717, 1.165) is 12.0 Å². The number of amides is 2. The number of likely N-dealkylation sites (tertiary alicyclic amines) is 1. The molecule has 0 saturated carbocycles. The summed E-state index contributed by atoms with van der Waals surface area (Å²) >= 11 is 0. The molecular weight excluding hydrogens is 310 g/mol. The lowest BCUT2D eigenvalue weighted by molar-refractivity contribution is -0.137. The van der Waals surface area contributed by atoms with E-state index in [1.54, 1.807) is 35.8 Å². The van der Waals surface area contributed by atoms with E-state index in [2.05, 4.69) is 15.6 Å². The number of rotatable bonds is 4. The maximum Gasteiger partial charge on any atom is 0.289 e. The van der Waals surface area contributed by atoms with Crippen LogP contribution in [0.25, 0.3) is 0 Å². The number of nitrogens with zero attached hydrogens (tertiary/aromatic N) is 4. The summed E-state index contributed by atoms with van der Waals surface area (Å²) in [4.78, 5) is 26.0. The molecule has 0 aromatic carbocycles. The Bertz CT molecular complexity index is 750. The van der Waals surface area contributed by atoms with E-state index in [0.29, 0.717) is 18.7 Å². The Hall–Kier alpha value is -2.64. The number of piperidine rings is 1. The Labute approximate surface area is 139 Å². The molecule has 2 aromatic heterocycles. The second-order valence-electron chi connectivity index (χ2n) is 6.24. The van der Waals surface area contributed by atoms with Gasteiger partial charge in [0.25, 0.3) is 5.91 Å². The third-order valence-corrected chi connectivity index (χ3v) is 4.43. The summed E-state index contributed by atoms with van der Waals surface area (Å²) in [6, 6.07) is 1.50. The van der Waals surface area contributed by atoms with Crippen LogP contribution in [-0.2, 0) is 11.8 Å². The molecular formula is C16H21N5O3. The zero-order valence-corrected chi connectivity index (χ0v) is 14.0. The molecule has 2 amide bonds. The summed E-state index contributed by atoms with van der Waals surface area (Å²) < 4.78 is 6.70. The lowest BCUT2D eigenvalue weighted by atomic mass is 9.85. The first-order valence-electron chi connectivity index (χ1n) is 7.91. The number of aryl methyl sites for hydroxylation is 2. The second kappa shape index (κ2) is 6.46. The minimum atomic E-state index is -0.292. The molecule has 0 aliphatic carbocycles. The summed E-state index contributed by atoms with van der Waals surface area (Å²) in [5.41, 5.74) is 1.64. The Kier molecular flexibility index (Phi) is 4.37. The first kappa shape index (κ1) is 16.2. The molecule has 3 heterocycles. The van der Waals surface area contributed by atoms with Gasteiger partial charge in [-0.25, -0.2) is 0 Å². The van der Waals surface area contributed by atoms with Crippen LogP contribution >= 0.6 is 0 Å². The molecule has 2 aromatic rings. The van der Waals surface area contributed by atoms with Gasteiger partial charge in [-0.15, -0.1) is 0 Å². The minimum Gasteiger partial charge on any atom is -0.351 e. The third kappa shape index (κ3) is 3.17. The smallest absolute Gasteiger partial charge is 0.289 e. The van der Waals surface area contributed by atoms with Crippen LogP contribution in [0.5, 0.6) is 0 Å². The molecule has 24 heavy (non-hydrogen) atoms. The number of carbonyl (C=O) groups is 2. The Morgan fingerprint density at radius 3 is 2.88 bits per heavy atom. The van der Waals surface area contributed by atoms with Crippen LogP contribution in [0.3, 0.4) is 0 Å². The van der Waals surface area contributed by atoms with Crippen molar-refractivity contribution in [3.8, 4) is 0 Å². The van der Waals surface area contributed by atoms with Crippen LogP contribution in [0.2, 0.25) is 0 Å². The molecule has 1 saturated heterocycles. The third-order valence-electron chi connectivity index (χ3n) is 4.43. The van der Waals surface area contributed by atoms with Gasteiger partial charge in [-0.2, -0.15) is 5.10 Å². The Balaban J connectivity index is 1.72. The maximum absolute atomic E-state index is 12.2. The fourth-order valence-electron chi connectivity index (χ4n) is 3.20. The summed E-state index contributed by atoms with van der Waals surface area (Å²) in [6.07, 6.45) is 4.89. The monoisotopic (exact) mass is 331 g/mol. The Morgan fingerprint density at radius 2 is 2.25 bits per heavy atom. The van der Waals surface area contributed by atoms with Crippen LogP contribution in [0.4, 0.5) is 0 Å². The summed E-state index contributed by atoms with van der Waals surface area (Å²) in [5.74, 6) is 0.132. The van der Waals surface area contributed by atoms with Gasteiger partial charge >= 0.3 is 0 Å². The van der Waals surface area contributed by atoms with Crippen LogP contribution < -0.4 is 5.32 Å². The second-order valence-corrected chi connectivity index (χ2v) is 6.24. The number of aromatic nitrogens is 3. The molecule has 128 valence electrons. The highest BCUT2D eigenvalue weighted by Crippen LogP contribution is 2.35. The quantitative estimate of drug-likeness (QED) is 0.904. The SMILES string of the molecule is Cc1cc(C(=O)NC[C@H]2CCC(=O)N(C)[C@@H]2c2cnn(C)c2)on1. The predicted octanol–water partition coefficient (Wildman–Crippen LogP) is 1.06. The summed E-state index contributed by atoms with van der Waals surface area (Å²) in [5, 5.41) is 10.8. The van der Waals surface area contributed by atoms with Crippen molar-refractivity contribution in [2.75, 3.05) is 13.6 Å². The van der Waals surface area contributed by atoms with Crippen molar-refractivity contribution >= 4 is 11.8 Å². The largest absolute Gasteiger partial charge is 0.351 e. The number of hydrogen-bond donors (Lipinski definition) is 1. The van der Waals surface area contributed by atoms with E-state index in [1.165, 1.54) is 0 Å². The number of nitrogens with one attached hydrogen (secondary N) is 1. The maximum atomic E-state index is 12.2. The highest BCUT2D eigenvalue weighted by Gasteiger charge is 2.35. The van der Waals surface area contributed by atoms with Gasteiger partial charge in [0, 0.05) is 50.8 Å². The van der Waals surface area contributed by atoms with Gasteiger partial charge in [-0.05, 0) is 13.3 Å². The normalized spacial score (nSPS) is 21.1. The number of carbonyl (C=O) groups excluding carboxylic acids is 2. The van der Waals surface area contributed by atoms with E-state index in [1.807, 2.05) is 13.2 Å². The molecule has 0 spiro atoms. The predicted molar refractivity (Wildman–Crippen MR) is 85.0 cm³/mol. The van der Waals surface area contributed by atoms with Crippen molar-refractivity contribution in [3.63, 3.8) is 0 Å². The van der Waals surface area contributed by atoms with Crippen molar-refractivity contribution in [3.05, 3.63) is 35.5 Å². The lowest BCUT2D eigenvalue weighted by Crippen LogP contribution is -2.44. The zero-order chi connectivity index (χ0) is 17.3. The van der Waals surface area contributed by atoms with Gasteiger partial charge < -0.3 is 14.7 Å². The fraction of sp³-hybridized carbons (Fsp3) is 0.500. The van der Waals surface area contributed by atoms with Gasteiger partial charge in [-0.3, -0.25) is 14.3 Å². The molecule has 2 atom stereocenters. The molecule has 8 nitrogen and oxygen atoms in total. The molecule has 1 N–H and O–H groups in total. The van der Waals surface area contributed by atoms with Gasteiger partial charge in [0.1, 0.15) is 0 Å². The van der Waals surface area contributed by atoms with Crippen LogP contribution in [-0.4, -0.2) is 45.2 Å². The van der Waals surface area contributed by atoms with Crippen molar-refractivity contribution in [1.82, 2.24) is 25.2 Å². The Morgan fingerprint density at radius 1 is 1.46 bits per heavy atom. The highest BCUT2D eigenvalue weighted by molar-refractivity contribution is 5.91. The van der Waals surface area contributed by atoms with E-state index >= 15 is 0 Å². The van der Waals surface area contributed by atoms with Crippen molar-refractivity contribution in [1.29, 1.82) is 0 Å². The first-order chi connectivity index (χ1) is 11.5.